The Balaban J connectivity index is 1.67. The molecule has 0 aromatic heterocycles. The molecule has 2 aliphatic heterocycles. The third-order valence-corrected chi connectivity index (χ3v) is 6.38. The van der Waals surface area contributed by atoms with Gasteiger partial charge in [0.2, 0.25) is 12.5 Å². The summed E-state index contributed by atoms with van der Waals surface area (Å²) in [5.41, 5.74) is 3.04. The Morgan fingerprint density at radius 3 is 2.58 bits per heavy atom. The molecule has 0 spiro atoms. The van der Waals surface area contributed by atoms with Gasteiger partial charge in [0.25, 0.3) is 0 Å². The zero-order valence-corrected chi connectivity index (χ0v) is 18.8. The Bertz CT molecular complexity index is 1000. The summed E-state index contributed by atoms with van der Waals surface area (Å²) in [6.07, 6.45) is 1.55. The Hall–Kier alpha value is -2.93. The van der Waals surface area contributed by atoms with Gasteiger partial charge in [-0.25, -0.2) is 0 Å². The molecule has 31 heavy (non-hydrogen) atoms. The van der Waals surface area contributed by atoms with Crippen LogP contribution in [0.25, 0.3) is 0 Å². The van der Waals surface area contributed by atoms with E-state index in [1.807, 2.05) is 24.3 Å². The molecule has 7 heteroatoms. The first-order chi connectivity index (χ1) is 14.9. The summed E-state index contributed by atoms with van der Waals surface area (Å²) in [4.78, 5) is 13.3. The van der Waals surface area contributed by atoms with Crippen molar-refractivity contribution >= 4 is 5.78 Å². The van der Waals surface area contributed by atoms with E-state index in [4.69, 9.17) is 23.7 Å². The molecule has 1 atom stereocenters. The minimum atomic E-state index is -0.0442. The quantitative estimate of drug-likeness (QED) is 0.631. The highest BCUT2D eigenvalue weighted by Gasteiger charge is 2.42. The van der Waals surface area contributed by atoms with Gasteiger partial charge in [-0.2, -0.15) is 0 Å². The van der Waals surface area contributed by atoms with E-state index in [1.165, 1.54) is 0 Å². The molecule has 0 amide bonds. The van der Waals surface area contributed by atoms with Crippen LogP contribution in [0.1, 0.15) is 29.2 Å². The number of carbonyl (C=O) groups is 1. The van der Waals surface area contributed by atoms with Gasteiger partial charge in [-0.05, 0) is 17.7 Å². The van der Waals surface area contributed by atoms with E-state index in [0.29, 0.717) is 39.7 Å². The summed E-state index contributed by atoms with van der Waals surface area (Å²) in [6, 6.07) is 7.62. The van der Waals surface area contributed by atoms with Gasteiger partial charge in [-0.1, -0.05) is 12.1 Å². The molecule has 0 radical (unpaired) electrons. The summed E-state index contributed by atoms with van der Waals surface area (Å²) in [7, 11) is 9.16. The third-order valence-electron chi connectivity index (χ3n) is 6.38. The van der Waals surface area contributed by atoms with E-state index in [1.54, 1.807) is 21.3 Å². The summed E-state index contributed by atoms with van der Waals surface area (Å²) < 4.78 is 28.7. The van der Waals surface area contributed by atoms with E-state index >= 15 is 0 Å². The molecular formula is C24H30NO6+. The lowest BCUT2D eigenvalue weighted by atomic mass is 9.86. The molecule has 2 heterocycles. The van der Waals surface area contributed by atoms with Crippen molar-refractivity contribution in [3.63, 3.8) is 0 Å². The summed E-state index contributed by atoms with van der Waals surface area (Å²) in [5.74, 6) is 3.41. The predicted molar refractivity (Wildman–Crippen MR) is 115 cm³/mol. The summed E-state index contributed by atoms with van der Waals surface area (Å²) >= 11 is 0. The standard InChI is InChI=1S/C24H30NO6/c1-25(2)10-9-15-12-20-23(31-14-30-20)24(29-5)21(15)18(25)13-17(26)11-16-7-6-8-19(27-3)22(16)28-4/h6-8,12,18H,9-11,13-14H2,1-5H3/q+1. The second-order valence-corrected chi connectivity index (χ2v) is 8.56. The number of benzene rings is 2. The van der Waals surface area contributed by atoms with Crippen molar-refractivity contribution in [2.45, 2.75) is 25.3 Å². The van der Waals surface area contributed by atoms with E-state index in [-0.39, 0.29) is 25.0 Å². The molecule has 166 valence electrons. The number of Topliss-reactive ketones (excluding diaryl/α,β-unsaturated/α-hetero) is 1. The van der Waals surface area contributed by atoms with Crippen LogP contribution in [-0.2, 0) is 17.6 Å². The Morgan fingerprint density at radius 2 is 1.87 bits per heavy atom. The highest BCUT2D eigenvalue weighted by Crippen LogP contribution is 2.51. The molecule has 2 aromatic rings. The van der Waals surface area contributed by atoms with Crippen molar-refractivity contribution < 1.29 is 33.0 Å². The van der Waals surface area contributed by atoms with E-state index < -0.39 is 0 Å². The lowest BCUT2D eigenvalue weighted by Gasteiger charge is -2.43. The van der Waals surface area contributed by atoms with Crippen LogP contribution in [0.5, 0.6) is 28.7 Å². The van der Waals surface area contributed by atoms with Gasteiger partial charge in [0.15, 0.2) is 23.0 Å². The molecule has 2 aliphatic rings. The number of para-hydroxylation sites is 1. The zero-order chi connectivity index (χ0) is 22.2. The lowest BCUT2D eigenvalue weighted by molar-refractivity contribution is -0.922. The molecule has 0 aliphatic carbocycles. The number of methoxy groups -OCH3 is 3. The van der Waals surface area contributed by atoms with Gasteiger partial charge in [-0.3, -0.25) is 4.79 Å². The molecule has 0 saturated carbocycles. The van der Waals surface area contributed by atoms with Crippen LogP contribution in [0.15, 0.2) is 24.3 Å². The highest BCUT2D eigenvalue weighted by molar-refractivity contribution is 5.83. The van der Waals surface area contributed by atoms with Gasteiger partial charge in [0.1, 0.15) is 11.8 Å². The Labute approximate surface area is 183 Å². The van der Waals surface area contributed by atoms with Crippen LogP contribution in [0.4, 0.5) is 0 Å². The number of ether oxygens (including phenoxy) is 5. The average molecular weight is 429 g/mol. The topological polar surface area (TPSA) is 63.2 Å². The molecule has 0 N–H and O–H groups in total. The largest absolute Gasteiger partial charge is 0.493 e. The number of rotatable bonds is 7. The van der Waals surface area contributed by atoms with Crippen molar-refractivity contribution in [3.05, 3.63) is 41.0 Å². The van der Waals surface area contributed by atoms with Crippen LogP contribution >= 0.6 is 0 Å². The second kappa shape index (κ2) is 8.30. The van der Waals surface area contributed by atoms with Crippen LogP contribution < -0.4 is 23.7 Å². The summed E-state index contributed by atoms with van der Waals surface area (Å²) in [5, 5.41) is 0. The van der Waals surface area contributed by atoms with Crippen LogP contribution in [-0.4, -0.2) is 59.0 Å². The van der Waals surface area contributed by atoms with Gasteiger partial charge in [-0.15, -0.1) is 0 Å². The number of quaternary nitrogens is 1. The zero-order valence-electron chi connectivity index (χ0n) is 18.8. The Kier molecular flexibility index (Phi) is 5.71. The number of ketones is 1. The van der Waals surface area contributed by atoms with Crippen molar-refractivity contribution in [3.8, 4) is 28.7 Å². The van der Waals surface area contributed by atoms with Crippen molar-refractivity contribution in [2.24, 2.45) is 0 Å². The monoisotopic (exact) mass is 428 g/mol. The van der Waals surface area contributed by atoms with Crippen LogP contribution in [0, 0.1) is 0 Å². The number of hydrogen-bond acceptors (Lipinski definition) is 6. The SMILES string of the molecule is COc1cccc(CC(=O)CC2c3c(cc4c(c3OC)OCO4)CC[N+]2(C)C)c1OC. The number of fused-ring (bicyclic) bond motifs is 2. The Morgan fingerprint density at radius 1 is 1.10 bits per heavy atom. The highest BCUT2D eigenvalue weighted by atomic mass is 16.7. The molecule has 0 fully saturated rings. The van der Waals surface area contributed by atoms with Crippen LogP contribution in [0.2, 0.25) is 0 Å². The molecule has 7 nitrogen and oxygen atoms in total. The van der Waals surface area contributed by atoms with Gasteiger partial charge < -0.3 is 28.2 Å². The summed E-state index contributed by atoms with van der Waals surface area (Å²) in [6.45, 7) is 1.11. The molecule has 1 unspecified atom stereocenters. The normalized spacial score (nSPS) is 18.3. The van der Waals surface area contributed by atoms with E-state index in [9.17, 15) is 4.79 Å². The first-order valence-electron chi connectivity index (χ1n) is 10.4. The first kappa shape index (κ1) is 21.3. The maximum atomic E-state index is 13.3. The fourth-order valence-corrected chi connectivity index (χ4v) is 4.71. The van der Waals surface area contributed by atoms with Crippen molar-refractivity contribution in [2.75, 3.05) is 48.8 Å². The number of hydrogen-bond donors (Lipinski definition) is 0. The maximum absolute atomic E-state index is 13.3. The third kappa shape index (κ3) is 3.78. The fraction of sp³-hybridized carbons (Fsp3) is 0.458. The fourth-order valence-electron chi connectivity index (χ4n) is 4.71. The molecule has 4 rings (SSSR count). The van der Waals surface area contributed by atoms with Crippen LogP contribution in [0.3, 0.4) is 0 Å². The minimum absolute atomic E-state index is 0.0442. The van der Waals surface area contributed by atoms with E-state index in [2.05, 4.69) is 14.1 Å². The smallest absolute Gasteiger partial charge is 0.231 e. The van der Waals surface area contributed by atoms with Gasteiger partial charge in [0.05, 0.1) is 54.0 Å². The lowest BCUT2D eigenvalue weighted by Crippen LogP contribution is -2.48. The number of likely N-dealkylation sites (N-methyl/N-ethyl adjacent to an activating group) is 1. The minimum Gasteiger partial charge on any atom is -0.493 e. The van der Waals surface area contributed by atoms with Gasteiger partial charge in [0, 0.05) is 18.4 Å². The first-order valence-corrected chi connectivity index (χ1v) is 10.4. The molecule has 0 bridgehead atoms. The van der Waals surface area contributed by atoms with Gasteiger partial charge >= 0.3 is 0 Å². The maximum Gasteiger partial charge on any atom is 0.231 e. The van der Waals surface area contributed by atoms with Crippen molar-refractivity contribution in [1.82, 2.24) is 0 Å². The number of nitrogens with zero attached hydrogens (tertiary/aromatic N) is 1. The van der Waals surface area contributed by atoms with Crippen molar-refractivity contribution in [1.29, 1.82) is 0 Å². The molecule has 2 aromatic carbocycles. The molecular weight excluding hydrogens is 398 g/mol. The second-order valence-electron chi connectivity index (χ2n) is 8.56. The number of carbonyl (C=O) groups excluding carboxylic acids is 1. The average Bonchev–Trinajstić information content (AvgIpc) is 3.22. The van der Waals surface area contributed by atoms with E-state index in [0.717, 1.165) is 29.7 Å². The predicted octanol–water partition coefficient (Wildman–Crippen LogP) is 3.32. The molecule has 0 saturated heterocycles.